The Bertz CT molecular complexity index is 285. The van der Waals surface area contributed by atoms with E-state index in [1.165, 1.54) is 30.8 Å². The standard InChI is InChI=1S/C16H31NO2S/c1-15(2,5-3-8-18)13-17-14-4-9-19-16(12-14)6-10-20-11-7-16/h14,17-18H,3-13H2,1-2H3. The Morgan fingerprint density at radius 1 is 1.35 bits per heavy atom. The molecule has 1 atom stereocenters. The SMILES string of the molecule is CC(C)(CCCO)CNC1CCOC2(CCSCC2)C1. The van der Waals surface area contributed by atoms with Crippen LogP contribution in [0.15, 0.2) is 0 Å². The predicted octanol–water partition coefficient (Wildman–Crippen LogP) is 2.82. The maximum atomic E-state index is 8.97. The maximum absolute atomic E-state index is 8.97. The van der Waals surface area contributed by atoms with Gasteiger partial charge in [0.2, 0.25) is 0 Å². The average molecular weight is 301 g/mol. The molecule has 1 spiro atoms. The van der Waals surface area contributed by atoms with E-state index in [9.17, 15) is 0 Å². The Labute approximate surface area is 128 Å². The van der Waals surface area contributed by atoms with Crippen molar-refractivity contribution >= 4 is 11.8 Å². The monoisotopic (exact) mass is 301 g/mol. The van der Waals surface area contributed by atoms with Gasteiger partial charge in [-0.3, -0.25) is 0 Å². The van der Waals surface area contributed by atoms with Gasteiger partial charge in [0.05, 0.1) is 5.60 Å². The first-order chi connectivity index (χ1) is 9.55. The first kappa shape index (κ1) is 16.6. The lowest BCUT2D eigenvalue weighted by Gasteiger charge is -2.44. The van der Waals surface area contributed by atoms with Gasteiger partial charge in [0.25, 0.3) is 0 Å². The van der Waals surface area contributed by atoms with Crippen LogP contribution in [0.25, 0.3) is 0 Å². The average Bonchev–Trinajstić information content (AvgIpc) is 2.44. The smallest absolute Gasteiger partial charge is 0.0713 e. The molecule has 0 aromatic rings. The van der Waals surface area contributed by atoms with Crippen LogP contribution in [0, 0.1) is 5.41 Å². The van der Waals surface area contributed by atoms with Crippen LogP contribution in [0.1, 0.15) is 52.4 Å². The molecule has 0 aliphatic carbocycles. The van der Waals surface area contributed by atoms with Crippen molar-refractivity contribution in [3.63, 3.8) is 0 Å². The minimum absolute atomic E-state index is 0.177. The van der Waals surface area contributed by atoms with E-state index in [0.29, 0.717) is 12.6 Å². The van der Waals surface area contributed by atoms with Gasteiger partial charge in [-0.25, -0.2) is 0 Å². The second kappa shape index (κ2) is 7.48. The minimum atomic E-state index is 0.177. The van der Waals surface area contributed by atoms with Crippen LogP contribution in [0.4, 0.5) is 0 Å². The van der Waals surface area contributed by atoms with Gasteiger partial charge in [-0.2, -0.15) is 11.8 Å². The molecule has 0 saturated carbocycles. The summed E-state index contributed by atoms with van der Waals surface area (Å²) in [4.78, 5) is 0. The van der Waals surface area contributed by atoms with Crippen LogP contribution in [0.5, 0.6) is 0 Å². The normalized spacial score (nSPS) is 26.9. The molecule has 2 rings (SSSR count). The Kier molecular flexibility index (Phi) is 6.21. The van der Waals surface area contributed by atoms with Crippen molar-refractivity contribution in [2.24, 2.45) is 5.41 Å². The third-order valence-electron chi connectivity index (χ3n) is 4.78. The molecule has 0 radical (unpaired) electrons. The van der Waals surface area contributed by atoms with Crippen molar-refractivity contribution in [1.82, 2.24) is 5.32 Å². The third kappa shape index (κ3) is 4.90. The molecule has 2 heterocycles. The molecule has 118 valence electrons. The van der Waals surface area contributed by atoms with Gasteiger partial charge in [0, 0.05) is 25.8 Å². The van der Waals surface area contributed by atoms with Gasteiger partial charge >= 0.3 is 0 Å². The summed E-state index contributed by atoms with van der Waals surface area (Å²) in [6, 6.07) is 0.611. The van der Waals surface area contributed by atoms with Crippen LogP contribution in [-0.4, -0.2) is 48.0 Å². The molecule has 1 unspecified atom stereocenters. The molecule has 0 aromatic carbocycles. The van der Waals surface area contributed by atoms with Crippen molar-refractivity contribution in [2.45, 2.75) is 64.0 Å². The number of ether oxygens (including phenoxy) is 1. The molecule has 4 heteroatoms. The molecule has 2 saturated heterocycles. The third-order valence-corrected chi connectivity index (χ3v) is 5.76. The predicted molar refractivity (Wildman–Crippen MR) is 86.4 cm³/mol. The van der Waals surface area contributed by atoms with E-state index < -0.39 is 0 Å². The molecule has 0 bridgehead atoms. The highest BCUT2D eigenvalue weighted by molar-refractivity contribution is 7.99. The summed E-state index contributed by atoms with van der Waals surface area (Å²) in [7, 11) is 0. The lowest BCUT2D eigenvalue weighted by Crippen LogP contribution is -2.50. The molecule has 0 aromatic heterocycles. The van der Waals surface area contributed by atoms with Gasteiger partial charge in [0.15, 0.2) is 0 Å². The molecule has 20 heavy (non-hydrogen) atoms. The van der Waals surface area contributed by atoms with E-state index in [2.05, 4.69) is 30.9 Å². The number of hydrogen-bond acceptors (Lipinski definition) is 4. The molecule has 2 aliphatic heterocycles. The first-order valence-corrected chi connectivity index (χ1v) is 9.27. The van der Waals surface area contributed by atoms with Crippen molar-refractivity contribution in [3.05, 3.63) is 0 Å². The van der Waals surface area contributed by atoms with Crippen LogP contribution in [0.3, 0.4) is 0 Å². The van der Waals surface area contributed by atoms with Gasteiger partial charge in [-0.15, -0.1) is 0 Å². The summed E-state index contributed by atoms with van der Waals surface area (Å²) < 4.78 is 6.15. The van der Waals surface area contributed by atoms with Gasteiger partial charge in [0.1, 0.15) is 0 Å². The molecule has 0 amide bonds. The Balaban J connectivity index is 1.78. The lowest BCUT2D eigenvalue weighted by molar-refractivity contribution is -0.0938. The van der Waals surface area contributed by atoms with E-state index in [1.807, 2.05) is 0 Å². The molecular weight excluding hydrogens is 270 g/mol. The fourth-order valence-electron chi connectivity index (χ4n) is 3.36. The van der Waals surface area contributed by atoms with E-state index in [0.717, 1.165) is 32.4 Å². The second-order valence-corrected chi connectivity index (χ2v) is 8.43. The zero-order valence-electron chi connectivity index (χ0n) is 13.1. The minimum Gasteiger partial charge on any atom is -0.396 e. The van der Waals surface area contributed by atoms with Crippen LogP contribution < -0.4 is 5.32 Å². The van der Waals surface area contributed by atoms with E-state index in [1.54, 1.807) is 0 Å². The van der Waals surface area contributed by atoms with Crippen LogP contribution in [-0.2, 0) is 4.74 Å². The maximum Gasteiger partial charge on any atom is 0.0713 e. The van der Waals surface area contributed by atoms with E-state index in [4.69, 9.17) is 9.84 Å². The largest absolute Gasteiger partial charge is 0.396 e. The summed E-state index contributed by atoms with van der Waals surface area (Å²) in [6.45, 7) is 6.85. The zero-order valence-corrected chi connectivity index (χ0v) is 13.9. The molecular formula is C16H31NO2S. The van der Waals surface area contributed by atoms with Crippen molar-refractivity contribution in [3.8, 4) is 0 Å². The molecule has 2 fully saturated rings. The van der Waals surface area contributed by atoms with Crippen molar-refractivity contribution in [2.75, 3.05) is 31.3 Å². The summed E-state index contributed by atoms with van der Waals surface area (Å²) in [5.74, 6) is 2.52. The lowest BCUT2D eigenvalue weighted by atomic mass is 9.84. The Morgan fingerprint density at radius 2 is 2.10 bits per heavy atom. The van der Waals surface area contributed by atoms with Crippen LogP contribution >= 0.6 is 11.8 Å². The van der Waals surface area contributed by atoms with Gasteiger partial charge in [-0.05, 0) is 55.4 Å². The second-order valence-electron chi connectivity index (χ2n) is 7.21. The topological polar surface area (TPSA) is 41.5 Å². The molecule has 2 aliphatic rings. The quantitative estimate of drug-likeness (QED) is 0.791. The first-order valence-electron chi connectivity index (χ1n) is 8.11. The summed E-state index contributed by atoms with van der Waals surface area (Å²) >= 11 is 2.07. The summed E-state index contributed by atoms with van der Waals surface area (Å²) in [6.07, 6.45) is 6.77. The number of aliphatic hydroxyl groups is 1. The highest BCUT2D eigenvalue weighted by Crippen LogP contribution is 2.37. The Morgan fingerprint density at radius 3 is 2.80 bits per heavy atom. The molecule has 2 N–H and O–H groups in total. The summed E-state index contributed by atoms with van der Waals surface area (Å²) in [5.41, 5.74) is 0.451. The number of thioether (sulfide) groups is 1. The van der Waals surface area contributed by atoms with E-state index in [-0.39, 0.29) is 11.0 Å². The van der Waals surface area contributed by atoms with Gasteiger partial charge < -0.3 is 15.2 Å². The Hall–Kier alpha value is 0.230. The molecule has 3 nitrogen and oxygen atoms in total. The van der Waals surface area contributed by atoms with Crippen molar-refractivity contribution < 1.29 is 9.84 Å². The fourth-order valence-corrected chi connectivity index (χ4v) is 4.60. The number of rotatable bonds is 6. The summed E-state index contributed by atoms with van der Waals surface area (Å²) in [5, 5.41) is 12.7. The number of nitrogens with one attached hydrogen (secondary N) is 1. The zero-order chi connectivity index (χ0) is 14.5. The fraction of sp³-hybridized carbons (Fsp3) is 1.00. The van der Waals surface area contributed by atoms with Crippen LogP contribution in [0.2, 0.25) is 0 Å². The van der Waals surface area contributed by atoms with Gasteiger partial charge in [-0.1, -0.05) is 13.8 Å². The highest BCUT2D eigenvalue weighted by atomic mass is 32.2. The van der Waals surface area contributed by atoms with Crippen molar-refractivity contribution in [1.29, 1.82) is 0 Å². The highest BCUT2D eigenvalue weighted by Gasteiger charge is 2.38. The number of aliphatic hydroxyl groups excluding tert-OH is 1. The van der Waals surface area contributed by atoms with E-state index >= 15 is 0 Å². The number of hydrogen-bond donors (Lipinski definition) is 2.